The van der Waals surface area contributed by atoms with Gasteiger partial charge in [0, 0.05) is 26.0 Å². The summed E-state index contributed by atoms with van der Waals surface area (Å²) in [7, 11) is 2.07. The molecule has 0 spiro atoms. The van der Waals surface area contributed by atoms with Crippen LogP contribution in [-0.4, -0.2) is 28.5 Å². The molecule has 0 aromatic heterocycles. The van der Waals surface area contributed by atoms with Crippen molar-refractivity contribution in [3.63, 3.8) is 0 Å². The highest BCUT2D eigenvalue weighted by Crippen LogP contribution is 2.19. The lowest BCUT2D eigenvalue weighted by atomic mass is 10.3. The van der Waals surface area contributed by atoms with Gasteiger partial charge < -0.3 is 9.80 Å². The average Bonchev–Trinajstić information content (AvgIpc) is 2.31. The second-order valence-corrected chi connectivity index (χ2v) is 3.68. The summed E-state index contributed by atoms with van der Waals surface area (Å²) in [5, 5.41) is 0.369. The minimum Gasteiger partial charge on any atom is -0.350 e. The molecule has 0 N–H and O–H groups in total. The van der Waals surface area contributed by atoms with Gasteiger partial charge in [0.25, 0.3) is 0 Å². The zero-order chi connectivity index (χ0) is 8.27. The van der Waals surface area contributed by atoms with Gasteiger partial charge in [0.05, 0.1) is 0 Å². The normalized spacial score (nSPS) is 23.4. The lowest BCUT2D eigenvalue weighted by Crippen LogP contribution is -2.31. The highest BCUT2D eigenvalue weighted by Gasteiger charge is 2.18. The number of rotatable bonds is 3. The third-order valence-electron chi connectivity index (χ3n) is 1.87. The van der Waals surface area contributed by atoms with Crippen molar-refractivity contribution in [3.8, 4) is 0 Å². The molecule has 0 aromatic carbocycles. The van der Waals surface area contributed by atoms with Crippen molar-refractivity contribution < 1.29 is 0 Å². The lowest BCUT2D eigenvalue weighted by molar-refractivity contribution is 0.266. The Labute approximate surface area is 77.0 Å². The van der Waals surface area contributed by atoms with E-state index in [2.05, 4.69) is 52.1 Å². The molecule has 0 fully saturated rings. The van der Waals surface area contributed by atoms with Gasteiger partial charge in [-0.3, -0.25) is 0 Å². The molecule has 64 valence electrons. The van der Waals surface area contributed by atoms with Gasteiger partial charge in [0.1, 0.15) is 0 Å². The summed E-state index contributed by atoms with van der Waals surface area (Å²) in [4.78, 5) is 4.44. The Morgan fingerprint density at radius 1 is 1.45 bits per heavy atom. The first-order chi connectivity index (χ1) is 5.25. The van der Waals surface area contributed by atoms with Gasteiger partial charge in [0.15, 0.2) is 5.08 Å². The van der Waals surface area contributed by atoms with Crippen LogP contribution < -0.4 is 0 Å². The van der Waals surface area contributed by atoms with E-state index in [0.717, 1.165) is 6.54 Å². The molecule has 2 nitrogen and oxygen atoms in total. The van der Waals surface area contributed by atoms with Crippen LogP contribution in [0.15, 0.2) is 12.4 Å². The van der Waals surface area contributed by atoms with Gasteiger partial charge in [0.2, 0.25) is 0 Å². The van der Waals surface area contributed by atoms with Crippen LogP contribution in [0.25, 0.3) is 0 Å². The highest BCUT2D eigenvalue weighted by molar-refractivity contribution is 9.09. The van der Waals surface area contributed by atoms with Crippen molar-refractivity contribution in [2.75, 3.05) is 13.6 Å². The van der Waals surface area contributed by atoms with E-state index in [-0.39, 0.29) is 0 Å². The summed E-state index contributed by atoms with van der Waals surface area (Å²) in [5.41, 5.74) is 0. The molecule has 0 saturated heterocycles. The molecule has 0 aromatic rings. The Bertz CT molecular complexity index is 147. The number of unbranched alkanes of at least 4 members (excludes halogenated alkanes) is 1. The third kappa shape index (κ3) is 2.12. The maximum Gasteiger partial charge on any atom is 0.158 e. The molecular formula is C8H15BrN2. The van der Waals surface area contributed by atoms with E-state index in [1.807, 2.05) is 0 Å². The standard InChI is InChI=1S/C8H15BrN2/c1-3-4-5-11-7-6-10(2)8(11)9/h6-8H,3-5H2,1-2H3. The highest BCUT2D eigenvalue weighted by atomic mass is 79.9. The molecule has 0 aliphatic carbocycles. The molecular weight excluding hydrogens is 204 g/mol. The van der Waals surface area contributed by atoms with Crippen LogP contribution in [-0.2, 0) is 0 Å². The Balaban J connectivity index is 2.31. The molecule has 11 heavy (non-hydrogen) atoms. The zero-order valence-corrected chi connectivity index (χ0v) is 8.71. The topological polar surface area (TPSA) is 6.48 Å². The molecule has 0 amide bonds. The van der Waals surface area contributed by atoms with Gasteiger partial charge in [-0.2, -0.15) is 0 Å². The van der Waals surface area contributed by atoms with Crippen molar-refractivity contribution in [2.24, 2.45) is 0 Å². The summed E-state index contributed by atoms with van der Waals surface area (Å²) in [5.74, 6) is 0. The van der Waals surface area contributed by atoms with Crippen LogP contribution >= 0.6 is 15.9 Å². The van der Waals surface area contributed by atoms with Crippen molar-refractivity contribution in [3.05, 3.63) is 12.4 Å². The molecule has 0 bridgehead atoms. The van der Waals surface area contributed by atoms with E-state index in [1.165, 1.54) is 12.8 Å². The number of halogens is 1. The first-order valence-corrected chi connectivity index (χ1v) is 4.97. The molecule has 1 atom stereocenters. The fourth-order valence-corrected chi connectivity index (χ4v) is 1.57. The molecule has 1 aliphatic rings. The fraction of sp³-hybridized carbons (Fsp3) is 0.750. The molecule has 0 saturated carbocycles. The molecule has 1 heterocycles. The van der Waals surface area contributed by atoms with E-state index in [9.17, 15) is 0 Å². The quantitative estimate of drug-likeness (QED) is 0.530. The molecule has 1 rings (SSSR count). The SMILES string of the molecule is CCCCN1C=CN(C)C1Br. The number of hydrogen-bond acceptors (Lipinski definition) is 2. The van der Waals surface area contributed by atoms with Crippen LogP contribution in [0.5, 0.6) is 0 Å². The van der Waals surface area contributed by atoms with Crippen molar-refractivity contribution in [1.82, 2.24) is 9.80 Å². The van der Waals surface area contributed by atoms with Crippen molar-refractivity contribution in [2.45, 2.75) is 24.8 Å². The fourth-order valence-electron chi connectivity index (χ4n) is 1.09. The summed E-state index contributed by atoms with van der Waals surface area (Å²) < 4.78 is 0. The average molecular weight is 219 g/mol. The van der Waals surface area contributed by atoms with Crippen LogP contribution in [0.4, 0.5) is 0 Å². The molecule has 1 unspecified atom stereocenters. The molecule has 3 heteroatoms. The maximum atomic E-state index is 3.59. The third-order valence-corrected chi connectivity index (χ3v) is 3.04. The van der Waals surface area contributed by atoms with Gasteiger partial charge in [-0.25, -0.2) is 0 Å². The first-order valence-electron chi connectivity index (χ1n) is 4.05. The summed E-state index contributed by atoms with van der Waals surface area (Å²) in [6.07, 6.45) is 6.75. The summed E-state index contributed by atoms with van der Waals surface area (Å²) >= 11 is 3.59. The van der Waals surface area contributed by atoms with Gasteiger partial charge in [-0.1, -0.05) is 13.3 Å². The predicted molar refractivity (Wildman–Crippen MR) is 51.2 cm³/mol. The first kappa shape index (κ1) is 8.91. The Hall–Kier alpha value is -0.180. The Morgan fingerprint density at radius 2 is 2.18 bits per heavy atom. The molecule has 0 radical (unpaired) electrons. The van der Waals surface area contributed by atoms with Crippen molar-refractivity contribution in [1.29, 1.82) is 0 Å². The second kappa shape index (κ2) is 4.00. The smallest absolute Gasteiger partial charge is 0.158 e. The van der Waals surface area contributed by atoms with Crippen LogP contribution in [0.1, 0.15) is 19.8 Å². The number of nitrogens with zero attached hydrogens (tertiary/aromatic N) is 2. The zero-order valence-electron chi connectivity index (χ0n) is 7.13. The largest absolute Gasteiger partial charge is 0.350 e. The van der Waals surface area contributed by atoms with Crippen LogP contribution in [0.2, 0.25) is 0 Å². The summed E-state index contributed by atoms with van der Waals surface area (Å²) in [6.45, 7) is 3.36. The van der Waals surface area contributed by atoms with Crippen molar-refractivity contribution >= 4 is 15.9 Å². The Morgan fingerprint density at radius 3 is 2.64 bits per heavy atom. The monoisotopic (exact) mass is 218 g/mol. The van der Waals surface area contributed by atoms with E-state index in [4.69, 9.17) is 0 Å². The van der Waals surface area contributed by atoms with E-state index in [0.29, 0.717) is 5.08 Å². The second-order valence-electron chi connectivity index (χ2n) is 2.87. The van der Waals surface area contributed by atoms with Gasteiger partial charge in [-0.05, 0) is 22.4 Å². The van der Waals surface area contributed by atoms with Gasteiger partial charge >= 0.3 is 0 Å². The minimum atomic E-state index is 0.369. The van der Waals surface area contributed by atoms with E-state index < -0.39 is 0 Å². The lowest BCUT2D eigenvalue weighted by Gasteiger charge is -2.24. The minimum absolute atomic E-state index is 0.369. The Kier molecular flexibility index (Phi) is 3.24. The maximum absolute atomic E-state index is 3.59. The number of alkyl halides is 1. The van der Waals surface area contributed by atoms with Crippen LogP contribution in [0, 0.1) is 0 Å². The summed E-state index contributed by atoms with van der Waals surface area (Å²) in [6, 6.07) is 0. The van der Waals surface area contributed by atoms with E-state index in [1.54, 1.807) is 0 Å². The van der Waals surface area contributed by atoms with Crippen LogP contribution in [0.3, 0.4) is 0 Å². The van der Waals surface area contributed by atoms with Gasteiger partial charge in [-0.15, -0.1) is 0 Å². The van der Waals surface area contributed by atoms with E-state index >= 15 is 0 Å². The molecule has 1 aliphatic heterocycles. The number of hydrogen-bond donors (Lipinski definition) is 0. The predicted octanol–water partition coefficient (Wildman–Crippen LogP) is 2.18.